The topological polar surface area (TPSA) is 85.8 Å². The second kappa shape index (κ2) is 9.28. The zero-order valence-electron chi connectivity index (χ0n) is 15.0. The minimum Gasteiger partial charge on any atom is -0.494 e. The Balaban J connectivity index is 1.46. The van der Waals surface area contributed by atoms with Crippen molar-refractivity contribution in [1.82, 2.24) is 25.6 Å². The second-order valence-corrected chi connectivity index (χ2v) is 5.73. The molecule has 138 valence electrons. The molecule has 2 heterocycles. The molecule has 0 amide bonds. The molecule has 1 aromatic carbocycles. The molecule has 0 atom stereocenters. The molecule has 0 saturated carbocycles. The maximum Gasteiger partial charge on any atom is 0.174 e. The molecular weight excluding hydrogens is 342 g/mol. The summed E-state index contributed by atoms with van der Waals surface area (Å²) in [5.74, 6) is 2.23. The van der Waals surface area contributed by atoms with Crippen LogP contribution in [-0.2, 0) is 13.0 Å². The number of pyridine rings is 1. The lowest BCUT2D eigenvalue weighted by molar-refractivity contribution is 0.296. The standard InChI is InChI=1S/C20H21N5O2/c1-3-15-7-8-16(21-19(15)4-2)14-27-18-11-9-17(10-12-18)26-13-5-6-20-22-24-25-23-20/h3-4,7-12H,1-2,5-6,13-14H2,(H,22,23,24,25). The van der Waals surface area contributed by atoms with Gasteiger partial charge in [0, 0.05) is 6.42 Å². The highest BCUT2D eigenvalue weighted by Gasteiger charge is 2.03. The van der Waals surface area contributed by atoms with E-state index in [9.17, 15) is 0 Å². The van der Waals surface area contributed by atoms with E-state index in [-0.39, 0.29) is 0 Å². The van der Waals surface area contributed by atoms with Crippen molar-refractivity contribution in [2.45, 2.75) is 19.4 Å². The quantitative estimate of drug-likeness (QED) is 0.555. The van der Waals surface area contributed by atoms with Crippen LogP contribution in [0.3, 0.4) is 0 Å². The normalized spacial score (nSPS) is 10.4. The summed E-state index contributed by atoms with van der Waals surface area (Å²) >= 11 is 0. The lowest BCUT2D eigenvalue weighted by Crippen LogP contribution is -2.01. The average Bonchev–Trinajstić information content (AvgIpc) is 3.24. The third-order valence-corrected chi connectivity index (χ3v) is 3.84. The molecule has 3 aromatic rings. The maximum absolute atomic E-state index is 5.79. The van der Waals surface area contributed by atoms with Crippen molar-refractivity contribution >= 4 is 12.2 Å². The summed E-state index contributed by atoms with van der Waals surface area (Å²) in [6.45, 7) is 8.51. The Morgan fingerprint density at radius 3 is 2.41 bits per heavy atom. The van der Waals surface area contributed by atoms with E-state index >= 15 is 0 Å². The van der Waals surface area contributed by atoms with Crippen molar-refractivity contribution in [3.8, 4) is 11.5 Å². The Morgan fingerprint density at radius 1 is 0.963 bits per heavy atom. The summed E-state index contributed by atoms with van der Waals surface area (Å²) in [7, 11) is 0. The summed E-state index contributed by atoms with van der Waals surface area (Å²) < 4.78 is 11.5. The van der Waals surface area contributed by atoms with Crippen LogP contribution in [0.1, 0.15) is 29.2 Å². The van der Waals surface area contributed by atoms with Crippen LogP contribution in [0.15, 0.2) is 49.6 Å². The number of aryl methyl sites for hydroxylation is 1. The van der Waals surface area contributed by atoms with E-state index in [2.05, 4.69) is 38.8 Å². The molecule has 0 aliphatic carbocycles. The predicted molar refractivity (Wildman–Crippen MR) is 103 cm³/mol. The second-order valence-electron chi connectivity index (χ2n) is 5.73. The number of ether oxygens (including phenoxy) is 2. The molecule has 0 aliphatic heterocycles. The Morgan fingerprint density at radius 2 is 1.74 bits per heavy atom. The fourth-order valence-corrected chi connectivity index (χ4v) is 2.44. The molecule has 0 spiro atoms. The largest absolute Gasteiger partial charge is 0.494 e. The van der Waals surface area contributed by atoms with Gasteiger partial charge in [-0.25, -0.2) is 4.98 Å². The van der Waals surface area contributed by atoms with Crippen LogP contribution >= 0.6 is 0 Å². The first-order valence-electron chi connectivity index (χ1n) is 8.61. The summed E-state index contributed by atoms with van der Waals surface area (Å²) in [6.07, 6.45) is 5.01. The Labute approximate surface area is 157 Å². The van der Waals surface area contributed by atoms with Crippen molar-refractivity contribution < 1.29 is 9.47 Å². The molecule has 0 aliphatic rings. The number of rotatable bonds is 10. The van der Waals surface area contributed by atoms with Crippen LogP contribution in [0, 0.1) is 0 Å². The van der Waals surface area contributed by atoms with Crippen LogP contribution in [0.4, 0.5) is 0 Å². The number of nitrogens with one attached hydrogen (secondary N) is 1. The van der Waals surface area contributed by atoms with Crippen LogP contribution < -0.4 is 9.47 Å². The van der Waals surface area contributed by atoms with E-state index in [1.165, 1.54) is 0 Å². The van der Waals surface area contributed by atoms with Gasteiger partial charge >= 0.3 is 0 Å². The molecule has 0 fully saturated rings. The molecule has 0 saturated heterocycles. The van der Waals surface area contributed by atoms with Gasteiger partial charge < -0.3 is 9.47 Å². The van der Waals surface area contributed by atoms with Gasteiger partial charge in [0.15, 0.2) is 5.82 Å². The summed E-state index contributed by atoms with van der Waals surface area (Å²) in [6, 6.07) is 11.4. The number of hydrogen-bond acceptors (Lipinski definition) is 6. The average molecular weight is 363 g/mol. The highest BCUT2D eigenvalue weighted by Crippen LogP contribution is 2.19. The first-order valence-corrected chi connectivity index (χ1v) is 8.61. The van der Waals surface area contributed by atoms with Gasteiger partial charge in [-0.3, -0.25) is 0 Å². The lowest BCUT2D eigenvalue weighted by Gasteiger charge is -2.09. The van der Waals surface area contributed by atoms with Crippen LogP contribution in [0.25, 0.3) is 12.2 Å². The molecule has 27 heavy (non-hydrogen) atoms. The first-order chi connectivity index (χ1) is 13.3. The summed E-state index contributed by atoms with van der Waals surface area (Å²) in [5, 5.41) is 13.8. The van der Waals surface area contributed by atoms with Crippen molar-refractivity contribution in [3.05, 3.63) is 72.3 Å². The van der Waals surface area contributed by atoms with Gasteiger partial charge in [-0.2, -0.15) is 5.21 Å². The molecule has 1 N–H and O–H groups in total. The number of hydrogen-bond donors (Lipinski definition) is 1. The predicted octanol–water partition coefficient (Wildman–Crippen LogP) is 3.47. The third kappa shape index (κ3) is 5.24. The third-order valence-electron chi connectivity index (χ3n) is 3.84. The van der Waals surface area contributed by atoms with Crippen molar-refractivity contribution in [2.75, 3.05) is 6.61 Å². The molecule has 7 heteroatoms. The highest BCUT2D eigenvalue weighted by molar-refractivity contribution is 5.60. The molecule has 2 aromatic heterocycles. The van der Waals surface area contributed by atoms with Crippen LogP contribution in [-0.4, -0.2) is 32.2 Å². The first kappa shape index (κ1) is 18.3. The van der Waals surface area contributed by atoms with Crippen molar-refractivity contribution in [1.29, 1.82) is 0 Å². The van der Waals surface area contributed by atoms with Gasteiger partial charge in [0.1, 0.15) is 18.1 Å². The van der Waals surface area contributed by atoms with Crippen molar-refractivity contribution in [2.24, 2.45) is 0 Å². The number of aromatic amines is 1. The van der Waals surface area contributed by atoms with Gasteiger partial charge in [0.25, 0.3) is 0 Å². The Bertz CT molecular complexity index is 876. The summed E-state index contributed by atoms with van der Waals surface area (Å²) in [4.78, 5) is 4.51. The van der Waals surface area contributed by atoms with Gasteiger partial charge in [-0.1, -0.05) is 30.5 Å². The molecule has 0 bridgehead atoms. The van der Waals surface area contributed by atoms with E-state index in [0.717, 1.165) is 41.3 Å². The number of H-pyrrole nitrogens is 1. The minimum atomic E-state index is 0.378. The molecular formula is C20H21N5O2. The number of nitrogens with zero attached hydrogens (tertiary/aromatic N) is 4. The van der Waals surface area contributed by atoms with E-state index in [0.29, 0.717) is 19.0 Å². The monoisotopic (exact) mass is 363 g/mol. The smallest absolute Gasteiger partial charge is 0.174 e. The minimum absolute atomic E-state index is 0.378. The van der Waals surface area contributed by atoms with E-state index in [1.807, 2.05) is 36.4 Å². The van der Waals surface area contributed by atoms with E-state index in [4.69, 9.17) is 9.47 Å². The summed E-state index contributed by atoms with van der Waals surface area (Å²) in [5.41, 5.74) is 2.59. The molecule has 3 rings (SSSR count). The maximum atomic E-state index is 5.79. The number of tetrazole rings is 1. The van der Waals surface area contributed by atoms with Gasteiger partial charge in [-0.05, 0) is 48.4 Å². The molecule has 0 radical (unpaired) electrons. The molecule has 0 unspecified atom stereocenters. The van der Waals surface area contributed by atoms with E-state index < -0.39 is 0 Å². The zero-order chi connectivity index (χ0) is 18.9. The number of aromatic nitrogens is 5. The van der Waals surface area contributed by atoms with Gasteiger partial charge in [0.05, 0.1) is 18.0 Å². The van der Waals surface area contributed by atoms with Crippen LogP contribution in [0.2, 0.25) is 0 Å². The van der Waals surface area contributed by atoms with E-state index in [1.54, 1.807) is 12.2 Å². The number of benzene rings is 1. The molecule has 7 nitrogen and oxygen atoms in total. The fraction of sp³-hybridized carbons (Fsp3) is 0.200. The van der Waals surface area contributed by atoms with Gasteiger partial charge in [-0.15, -0.1) is 10.2 Å². The van der Waals surface area contributed by atoms with Gasteiger partial charge in [0.2, 0.25) is 0 Å². The van der Waals surface area contributed by atoms with Crippen LogP contribution in [0.5, 0.6) is 11.5 Å². The fourth-order valence-electron chi connectivity index (χ4n) is 2.44. The Hall–Kier alpha value is -3.48. The zero-order valence-corrected chi connectivity index (χ0v) is 15.0. The SMILES string of the molecule is C=Cc1ccc(COc2ccc(OCCCc3nn[nH]n3)cc2)nc1C=C. The Kier molecular flexibility index (Phi) is 6.30. The van der Waals surface area contributed by atoms with Crippen molar-refractivity contribution in [3.63, 3.8) is 0 Å². The lowest BCUT2D eigenvalue weighted by atomic mass is 10.1. The highest BCUT2D eigenvalue weighted by atomic mass is 16.5.